The van der Waals surface area contributed by atoms with Gasteiger partial charge in [-0.05, 0) is 41.7 Å². The molecule has 0 aliphatic heterocycles. The van der Waals surface area contributed by atoms with Crippen molar-refractivity contribution in [3.8, 4) is 0 Å². The normalized spacial score (nSPS) is 15.9. The molecule has 2 atom stereocenters. The lowest BCUT2D eigenvalue weighted by Crippen LogP contribution is -2.47. The van der Waals surface area contributed by atoms with E-state index in [1.54, 1.807) is 0 Å². The largest absolute Gasteiger partial charge is 0.444 e. The Kier molecular flexibility index (Phi) is 4.91. The van der Waals surface area contributed by atoms with E-state index in [4.69, 9.17) is 4.74 Å². The summed E-state index contributed by atoms with van der Waals surface area (Å²) in [5.41, 5.74) is -0.438. The van der Waals surface area contributed by atoms with Gasteiger partial charge in [0.2, 0.25) is 0 Å². The monoisotopic (exact) mass is 202 g/mol. The molecule has 0 saturated carbocycles. The van der Waals surface area contributed by atoms with Crippen LogP contribution in [-0.4, -0.2) is 30.8 Å². The van der Waals surface area contributed by atoms with Crippen LogP contribution in [0.15, 0.2) is 0 Å². The van der Waals surface area contributed by atoms with E-state index in [9.17, 15) is 4.79 Å². The summed E-state index contributed by atoms with van der Waals surface area (Å²) in [6.45, 7) is 9.48. The zero-order valence-electron chi connectivity index (χ0n) is 9.97. The van der Waals surface area contributed by atoms with Gasteiger partial charge in [0.05, 0.1) is 0 Å². The molecule has 0 rings (SSSR count). The minimum absolute atomic E-state index is 0.0508. The fraction of sp³-hybridized carbons (Fsp3) is 0.900. The molecule has 14 heavy (non-hydrogen) atoms. The average Bonchev–Trinajstić information content (AvgIpc) is 1.99. The van der Waals surface area contributed by atoms with Crippen LogP contribution in [0.2, 0.25) is 0 Å². The van der Waals surface area contributed by atoms with Crippen molar-refractivity contribution >= 4 is 6.09 Å². The Morgan fingerprint density at radius 3 is 2.07 bits per heavy atom. The van der Waals surface area contributed by atoms with Gasteiger partial charge in [0, 0.05) is 12.1 Å². The van der Waals surface area contributed by atoms with Gasteiger partial charge in [-0.3, -0.25) is 0 Å². The first-order valence-electron chi connectivity index (χ1n) is 4.93. The molecule has 4 nitrogen and oxygen atoms in total. The van der Waals surface area contributed by atoms with E-state index in [1.165, 1.54) is 0 Å². The van der Waals surface area contributed by atoms with E-state index in [0.29, 0.717) is 0 Å². The van der Waals surface area contributed by atoms with Gasteiger partial charge in [-0.2, -0.15) is 0 Å². The van der Waals surface area contributed by atoms with Crippen LogP contribution in [0.3, 0.4) is 0 Å². The summed E-state index contributed by atoms with van der Waals surface area (Å²) in [5.74, 6) is 0. The molecule has 0 bridgehead atoms. The minimum Gasteiger partial charge on any atom is -0.444 e. The molecule has 0 aromatic heterocycles. The second kappa shape index (κ2) is 5.20. The summed E-state index contributed by atoms with van der Waals surface area (Å²) in [5, 5.41) is 5.83. The van der Waals surface area contributed by atoms with Crippen molar-refractivity contribution in [3.63, 3.8) is 0 Å². The number of nitrogens with one attached hydrogen (secondary N) is 2. The van der Waals surface area contributed by atoms with Crippen molar-refractivity contribution < 1.29 is 9.53 Å². The van der Waals surface area contributed by atoms with E-state index in [-0.39, 0.29) is 18.2 Å². The first-order valence-corrected chi connectivity index (χ1v) is 4.93. The van der Waals surface area contributed by atoms with E-state index < -0.39 is 5.60 Å². The predicted molar refractivity (Wildman–Crippen MR) is 57.4 cm³/mol. The average molecular weight is 202 g/mol. The maximum Gasteiger partial charge on any atom is 0.407 e. The van der Waals surface area contributed by atoms with Crippen LogP contribution in [0.1, 0.15) is 34.6 Å². The topological polar surface area (TPSA) is 50.4 Å². The number of rotatable bonds is 3. The maximum absolute atomic E-state index is 11.3. The molecule has 0 heterocycles. The molecule has 1 amide bonds. The Morgan fingerprint density at radius 1 is 1.21 bits per heavy atom. The Bertz CT molecular complexity index is 187. The van der Waals surface area contributed by atoms with Gasteiger partial charge in [-0.15, -0.1) is 0 Å². The first-order chi connectivity index (χ1) is 6.26. The van der Waals surface area contributed by atoms with Crippen LogP contribution in [0, 0.1) is 0 Å². The van der Waals surface area contributed by atoms with Crippen molar-refractivity contribution in [2.45, 2.75) is 52.3 Å². The lowest BCUT2D eigenvalue weighted by atomic mass is 10.2. The number of ether oxygens (including phenoxy) is 1. The maximum atomic E-state index is 11.3. The first kappa shape index (κ1) is 13.2. The molecule has 0 aromatic rings. The molecule has 0 spiro atoms. The molecule has 4 heteroatoms. The fourth-order valence-electron chi connectivity index (χ4n) is 0.868. The summed E-state index contributed by atoms with van der Waals surface area (Å²) in [6, 6.07) is 0.275. The highest BCUT2D eigenvalue weighted by molar-refractivity contribution is 5.68. The standard InChI is InChI=1S/C10H22N2O2/c1-7(11-6)8(2)12-9(13)14-10(3,4)5/h7-8,11H,1-6H3,(H,12,13)/t7-,8-/m0/s1. The number of carbonyl (C=O) groups excluding carboxylic acids is 1. The molecule has 0 aliphatic rings. The number of hydrogen-bond acceptors (Lipinski definition) is 3. The minimum atomic E-state index is -0.438. The van der Waals surface area contributed by atoms with Crippen molar-refractivity contribution in [3.05, 3.63) is 0 Å². The van der Waals surface area contributed by atoms with Crippen LogP contribution >= 0.6 is 0 Å². The number of amides is 1. The molecule has 0 radical (unpaired) electrons. The Morgan fingerprint density at radius 2 is 1.71 bits per heavy atom. The Labute approximate surface area is 86.4 Å². The lowest BCUT2D eigenvalue weighted by Gasteiger charge is -2.24. The zero-order chi connectivity index (χ0) is 11.4. The van der Waals surface area contributed by atoms with Gasteiger partial charge in [-0.25, -0.2) is 4.79 Å². The fourth-order valence-corrected chi connectivity index (χ4v) is 0.868. The molecular formula is C10H22N2O2. The third-order valence-corrected chi connectivity index (χ3v) is 1.95. The molecule has 0 saturated heterocycles. The van der Waals surface area contributed by atoms with Gasteiger partial charge < -0.3 is 15.4 Å². The van der Waals surface area contributed by atoms with E-state index in [1.807, 2.05) is 41.7 Å². The second-order valence-electron chi connectivity index (χ2n) is 4.51. The van der Waals surface area contributed by atoms with Gasteiger partial charge in [0.1, 0.15) is 5.60 Å². The smallest absolute Gasteiger partial charge is 0.407 e. The SMILES string of the molecule is CN[C@@H](C)[C@H](C)NC(=O)OC(C)(C)C. The van der Waals surface area contributed by atoms with E-state index in [2.05, 4.69) is 10.6 Å². The summed E-state index contributed by atoms with van der Waals surface area (Å²) in [7, 11) is 1.86. The van der Waals surface area contributed by atoms with Crippen LogP contribution in [-0.2, 0) is 4.74 Å². The summed E-state index contributed by atoms with van der Waals surface area (Å²) >= 11 is 0. The summed E-state index contributed by atoms with van der Waals surface area (Å²) in [6.07, 6.45) is -0.368. The molecular weight excluding hydrogens is 180 g/mol. The van der Waals surface area contributed by atoms with E-state index >= 15 is 0 Å². The summed E-state index contributed by atoms with van der Waals surface area (Å²) in [4.78, 5) is 11.3. The molecule has 0 unspecified atom stereocenters. The third kappa shape index (κ3) is 5.80. The number of likely N-dealkylation sites (N-methyl/N-ethyl adjacent to an activating group) is 1. The quantitative estimate of drug-likeness (QED) is 0.729. The number of alkyl carbamates (subject to hydrolysis) is 1. The number of hydrogen-bond donors (Lipinski definition) is 2. The highest BCUT2D eigenvalue weighted by Gasteiger charge is 2.19. The third-order valence-electron chi connectivity index (χ3n) is 1.95. The van der Waals surface area contributed by atoms with Crippen molar-refractivity contribution in [2.75, 3.05) is 7.05 Å². The highest BCUT2D eigenvalue weighted by Crippen LogP contribution is 2.06. The molecule has 0 aromatic carbocycles. The van der Waals surface area contributed by atoms with Crippen LogP contribution < -0.4 is 10.6 Å². The number of carbonyl (C=O) groups is 1. The Hall–Kier alpha value is -0.770. The van der Waals surface area contributed by atoms with Crippen LogP contribution in [0.25, 0.3) is 0 Å². The second-order valence-corrected chi connectivity index (χ2v) is 4.51. The van der Waals surface area contributed by atoms with Gasteiger partial charge in [0.25, 0.3) is 0 Å². The van der Waals surface area contributed by atoms with Gasteiger partial charge in [-0.1, -0.05) is 0 Å². The Balaban J connectivity index is 3.95. The molecule has 84 valence electrons. The summed E-state index contributed by atoms with van der Waals surface area (Å²) < 4.78 is 5.13. The molecule has 0 aliphatic carbocycles. The molecule has 0 fully saturated rings. The van der Waals surface area contributed by atoms with Crippen LogP contribution in [0.4, 0.5) is 4.79 Å². The lowest BCUT2D eigenvalue weighted by molar-refractivity contribution is 0.0500. The predicted octanol–water partition coefficient (Wildman–Crippen LogP) is 1.51. The van der Waals surface area contributed by atoms with Crippen molar-refractivity contribution in [1.29, 1.82) is 0 Å². The van der Waals surface area contributed by atoms with Crippen molar-refractivity contribution in [1.82, 2.24) is 10.6 Å². The molecule has 2 N–H and O–H groups in total. The highest BCUT2D eigenvalue weighted by atomic mass is 16.6. The van der Waals surface area contributed by atoms with Gasteiger partial charge in [0.15, 0.2) is 0 Å². The van der Waals surface area contributed by atoms with E-state index in [0.717, 1.165) is 0 Å². The van der Waals surface area contributed by atoms with Crippen LogP contribution in [0.5, 0.6) is 0 Å². The van der Waals surface area contributed by atoms with Crippen molar-refractivity contribution in [2.24, 2.45) is 0 Å². The van der Waals surface area contributed by atoms with Gasteiger partial charge >= 0.3 is 6.09 Å². The zero-order valence-corrected chi connectivity index (χ0v) is 9.97.